The van der Waals surface area contributed by atoms with E-state index in [0.29, 0.717) is 34.6 Å². The maximum Gasteiger partial charge on any atom is 0.240 e. The zero-order chi connectivity index (χ0) is 28.1. The quantitative estimate of drug-likeness (QED) is 0.380. The third-order valence-electron chi connectivity index (χ3n) is 9.89. The molecular formula is C31H43N3O5. The molecule has 0 radical (unpaired) electrons. The van der Waals surface area contributed by atoms with Crippen molar-refractivity contribution in [2.24, 2.45) is 29.1 Å². The molecule has 3 saturated carbocycles. The lowest BCUT2D eigenvalue weighted by Gasteiger charge is -2.62. The summed E-state index contributed by atoms with van der Waals surface area (Å²) in [6.45, 7) is 8.53. The number of aliphatic hydroxyl groups is 2. The molecule has 5 N–H and O–H groups in total. The molecule has 2 bridgehead atoms. The number of methoxy groups -OCH3 is 1. The fourth-order valence-electron chi connectivity index (χ4n) is 7.54. The maximum atomic E-state index is 13.9. The van der Waals surface area contributed by atoms with Crippen LogP contribution in [-0.4, -0.2) is 59.2 Å². The number of hydroxylamine groups is 2. The van der Waals surface area contributed by atoms with Crippen molar-refractivity contribution >= 4 is 11.6 Å². The lowest BCUT2D eigenvalue weighted by atomic mass is 9.45. The molecule has 212 valence electrons. The van der Waals surface area contributed by atoms with Crippen molar-refractivity contribution in [2.75, 3.05) is 19.5 Å². The van der Waals surface area contributed by atoms with Crippen LogP contribution < -0.4 is 15.8 Å². The highest BCUT2D eigenvalue weighted by Gasteiger charge is 2.57. The normalized spacial score (nSPS) is 32.3. The topological polar surface area (TPSA) is 117 Å². The van der Waals surface area contributed by atoms with E-state index < -0.39 is 24.2 Å². The molecule has 1 aliphatic heterocycles. The number of amides is 1. The number of anilines is 1. The molecule has 4 fully saturated rings. The SMILES string of the molecule is COc1c(CN2O[C@@H](CO)[C@@H]([C@H](C)O)[C@H]2C(=O)N[C@H]2C[C@H]3C[C@H]([C@@H]2C)C3(C)C)cccc1-c1cccc(N)c1. The fraction of sp³-hybridized carbons (Fsp3) is 0.581. The van der Waals surface area contributed by atoms with Crippen LogP contribution >= 0.6 is 0 Å². The number of benzene rings is 2. The molecule has 8 atom stereocenters. The smallest absolute Gasteiger partial charge is 0.240 e. The fourth-order valence-corrected chi connectivity index (χ4v) is 7.54. The van der Waals surface area contributed by atoms with Gasteiger partial charge in [-0.25, -0.2) is 0 Å². The second-order valence-corrected chi connectivity index (χ2v) is 12.4. The van der Waals surface area contributed by atoms with Crippen molar-refractivity contribution < 1.29 is 24.6 Å². The average Bonchev–Trinajstić information content (AvgIpc) is 3.28. The number of rotatable bonds is 8. The summed E-state index contributed by atoms with van der Waals surface area (Å²) in [4.78, 5) is 20.1. The van der Waals surface area contributed by atoms with Crippen molar-refractivity contribution in [1.82, 2.24) is 10.4 Å². The minimum absolute atomic E-state index is 0.0837. The summed E-state index contributed by atoms with van der Waals surface area (Å²) < 4.78 is 5.85. The van der Waals surface area contributed by atoms with Gasteiger partial charge in [-0.05, 0) is 60.6 Å². The summed E-state index contributed by atoms with van der Waals surface area (Å²) in [5, 5.41) is 25.8. The van der Waals surface area contributed by atoms with E-state index in [1.807, 2.05) is 42.5 Å². The zero-order valence-corrected chi connectivity index (χ0v) is 23.6. The van der Waals surface area contributed by atoms with Crippen molar-refractivity contribution in [1.29, 1.82) is 0 Å². The van der Waals surface area contributed by atoms with Crippen LogP contribution in [-0.2, 0) is 16.2 Å². The number of fused-ring (bicyclic) bond motifs is 2. The molecule has 8 nitrogen and oxygen atoms in total. The van der Waals surface area contributed by atoms with Crippen molar-refractivity contribution in [2.45, 2.75) is 71.4 Å². The van der Waals surface area contributed by atoms with E-state index in [9.17, 15) is 15.0 Å². The molecular weight excluding hydrogens is 494 g/mol. The molecule has 4 aliphatic rings. The lowest BCUT2D eigenvalue weighted by molar-refractivity contribution is -0.183. The Kier molecular flexibility index (Phi) is 7.68. The van der Waals surface area contributed by atoms with Gasteiger partial charge in [0.2, 0.25) is 5.91 Å². The molecule has 0 aromatic heterocycles. The third kappa shape index (κ3) is 4.92. The van der Waals surface area contributed by atoms with Gasteiger partial charge in [0.05, 0.1) is 26.4 Å². The Hall–Kier alpha value is -2.65. The minimum atomic E-state index is -0.848. The number of nitrogens with two attached hydrogens (primary N) is 1. The van der Waals surface area contributed by atoms with Crippen LogP contribution in [0.5, 0.6) is 5.75 Å². The Morgan fingerprint density at radius 3 is 2.62 bits per heavy atom. The van der Waals surface area contributed by atoms with Gasteiger partial charge in [0.1, 0.15) is 17.9 Å². The number of nitrogen functional groups attached to an aromatic ring is 1. The molecule has 2 aromatic rings. The van der Waals surface area contributed by atoms with Crippen LogP contribution in [0.15, 0.2) is 42.5 Å². The van der Waals surface area contributed by atoms with E-state index in [-0.39, 0.29) is 25.1 Å². The summed E-state index contributed by atoms with van der Waals surface area (Å²) >= 11 is 0. The Balaban J connectivity index is 1.42. The van der Waals surface area contributed by atoms with Crippen molar-refractivity contribution in [3.63, 3.8) is 0 Å². The number of ether oxygens (including phenoxy) is 1. The van der Waals surface area contributed by atoms with Crippen LogP contribution in [0.2, 0.25) is 0 Å². The molecule has 2 aromatic carbocycles. The summed E-state index contributed by atoms with van der Waals surface area (Å²) in [6.07, 6.45) is 0.646. The van der Waals surface area contributed by atoms with E-state index in [0.717, 1.165) is 23.1 Å². The maximum absolute atomic E-state index is 13.9. The average molecular weight is 538 g/mol. The van der Waals surface area contributed by atoms with E-state index >= 15 is 0 Å². The number of nitrogens with zero attached hydrogens (tertiary/aromatic N) is 1. The Morgan fingerprint density at radius 1 is 1.26 bits per heavy atom. The van der Waals surface area contributed by atoms with Gasteiger partial charge in [-0.1, -0.05) is 51.1 Å². The largest absolute Gasteiger partial charge is 0.496 e. The molecule has 0 spiro atoms. The first-order chi connectivity index (χ1) is 18.6. The summed E-state index contributed by atoms with van der Waals surface area (Å²) in [5.74, 6) is 1.49. The number of hydrogen-bond acceptors (Lipinski definition) is 7. The van der Waals surface area contributed by atoms with Crippen LogP contribution in [0.25, 0.3) is 11.1 Å². The summed E-state index contributed by atoms with van der Waals surface area (Å²) in [5.41, 5.74) is 9.64. The van der Waals surface area contributed by atoms with Crippen LogP contribution in [0, 0.1) is 29.1 Å². The van der Waals surface area contributed by atoms with E-state index in [1.165, 1.54) is 6.42 Å². The summed E-state index contributed by atoms with van der Waals surface area (Å²) in [7, 11) is 1.62. The van der Waals surface area contributed by atoms with E-state index in [1.54, 1.807) is 19.1 Å². The lowest BCUT2D eigenvalue weighted by Crippen LogP contribution is -2.62. The van der Waals surface area contributed by atoms with Crippen LogP contribution in [0.3, 0.4) is 0 Å². The zero-order valence-electron chi connectivity index (χ0n) is 23.6. The molecule has 1 amide bonds. The van der Waals surface area contributed by atoms with E-state index in [4.69, 9.17) is 15.3 Å². The van der Waals surface area contributed by atoms with Gasteiger partial charge in [-0.15, -0.1) is 0 Å². The highest BCUT2D eigenvalue weighted by molar-refractivity contribution is 5.83. The van der Waals surface area contributed by atoms with Crippen LogP contribution in [0.1, 0.15) is 46.1 Å². The minimum Gasteiger partial charge on any atom is -0.496 e. The van der Waals surface area contributed by atoms with Crippen molar-refractivity contribution in [3.05, 3.63) is 48.0 Å². The first-order valence-electron chi connectivity index (χ1n) is 14.1. The number of hydrogen-bond donors (Lipinski definition) is 4. The highest BCUT2D eigenvalue weighted by Crippen LogP contribution is 2.61. The highest BCUT2D eigenvalue weighted by atomic mass is 16.7. The summed E-state index contributed by atoms with van der Waals surface area (Å²) in [6, 6.07) is 12.8. The number of para-hydroxylation sites is 1. The Morgan fingerprint density at radius 2 is 2.00 bits per heavy atom. The molecule has 1 heterocycles. The molecule has 0 unspecified atom stereocenters. The molecule has 39 heavy (non-hydrogen) atoms. The second kappa shape index (κ2) is 10.7. The molecule has 1 saturated heterocycles. The molecule has 6 rings (SSSR count). The Bertz CT molecular complexity index is 1200. The van der Waals surface area contributed by atoms with Gasteiger partial charge in [0.15, 0.2) is 0 Å². The van der Waals surface area contributed by atoms with Gasteiger partial charge in [-0.2, -0.15) is 5.06 Å². The number of carbonyl (C=O) groups excluding carboxylic acids is 1. The molecule has 3 aliphatic carbocycles. The number of nitrogens with one attached hydrogen (secondary N) is 1. The first kappa shape index (κ1) is 27.9. The second-order valence-electron chi connectivity index (χ2n) is 12.4. The number of aliphatic hydroxyl groups excluding tert-OH is 2. The third-order valence-corrected chi connectivity index (χ3v) is 9.89. The monoisotopic (exact) mass is 537 g/mol. The molecule has 8 heteroatoms. The first-order valence-corrected chi connectivity index (χ1v) is 14.1. The van der Waals surface area contributed by atoms with Crippen molar-refractivity contribution in [3.8, 4) is 16.9 Å². The van der Waals surface area contributed by atoms with Gasteiger partial charge in [0.25, 0.3) is 0 Å². The Labute approximate surface area is 231 Å². The van der Waals surface area contributed by atoms with Gasteiger partial charge in [-0.3, -0.25) is 9.63 Å². The predicted molar refractivity (Wildman–Crippen MR) is 150 cm³/mol. The number of carbonyl (C=O) groups is 1. The predicted octanol–water partition coefficient (Wildman–Crippen LogP) is 3.61. The van der Waals surface area contributed by atoms with Gasteiger partial charge in [0, 0.05) is 28.8 Å². The van der Waals surface area contributed by atoms with Gasteiger partial charge < -0.3 is 26.0 Å². The van der Waals surface area contributed by atoms with E-state index in [2.05, 4.69) is 26.1 Å². The van der Waals surface area contributed by atoms with Crippen LogP contribution in [0.4, 0.5) is 5.69 Å². The van der Waals surface area contributed by atoms with Gasteiger partial charge >= 0.3 is 0 Å². The standard InChI is InChI=1S/C31H43N3O5/c1-17-24-13-21(31(24,3)4)14-25(17)33-30(37)28-27(18(2)36)26(16-35)39-34(28)15-20-9-7-11-23(29(20)38-5)19-8-6-10-22(32)12-19/h6-12,17-18,21,24-28,35-36H,13-16,32H2,1-5H3,(H,33,37)/t17-,18-,21+,24+,25-,26-,27+,28-/m0/s1.